The first-order valence-corrected chi connectivity index (χ1v) is 7.81. The van der Waals surface area contributed by atoms with Crippen molar-refractivity contribution in [2.24, 2.45) is 0 Å². The molecule has 1 aromatic carbocycles. The minimum Gasteiger partial charge on any atom is -0.508 e. The number of esters is 1. The van der Waals surface area contributed by atoms with E-state index in [2.05, 4.69) is 5.32 Å². The number of nitrogens with one attached hydrogen (secondary N) is 1. The molecule has 2 heterocycles. The molecule has 1 aromatic rings. The van der Waals surface area contributed by atoms with Crippen LogP contribution in [0.5, 0.6) is 5.75 Å². The zero-order valence-electron chi connectivity index (χ0n) is 13.5. The first-order valence-electron chi connectivity index (χ1n) is 7.81. The molecule has 5 nitrogen and oxygen atoms in total. The SMILES string of the molecule is CCOC(=O)C1CCCC2=C(N1)N(C)c1cccc(O)c1C2.Cl. The number of halogens is 1. The van der Waals surface area contributed by atoms with Gasteiger partial charge in [-0.25, -0.2) is 4.79 Å². The molecule has 0 spiro atoms. The molecular weight excluding hydrogens is 316 g/mol. The van der Waals surface area contributed by atoms with Gasteiger partial charge >= 0.3 is 5.97 Å². The Balaban J connectivity index is 0.00000192. The molecule has 1 unspecified atom stereocenters. The Morgan fingerprint density at radius 1 is 1.48 bits per heavy atom. The molecular formula is C17H23ClN2O3. The van der Waals surface area contributed by atoms with E-state index in [9.17, 15) is 9.90 Å². The molecule has 0 fully saturated rings. The van der Waals surface area contributed by atoms with Crippen molar-refractivity contribution in [1.82, 2.24) is 5.32 Å². The average Bonchev–Trinajstić information content (AvgIpc) is 2.72. The lowest BCUT2D eigenvalue weighted by Crippen LogP contribution is -2.42. The van der Waals surface area contributed by atoms with Crippen molar-refractivity contribution in [2.45, 2.75) is 38.6 Å². The van der Waals surface area contributed by atoms with Crippen LogP contribution in [0, 0.1) is 0 Å². The summed E-state index contributed by atoms with van der Waals surface area (Å²) in [5, 5.41) is 13.5. The monoisotopic (exact) mass is 338 g/mol. The summed E-state index contributed by atoms with van der Waals surface area (Å²) < 4.78 is 5.16. The minimum atomic E-state index is -0.297. The number of anilines is 1. The molecule has 0 saturated heterocycles. The number of fused-ring (bicyclic) bond motifs is 1. The fraction of sp³-hybridized carbons (Fsp3) is 0.471. The van der Waals surface area contributed by atoms with Gasteiger partial charge in [-0.2, -0.15) is 0 Å². The average molecular weight is 339 g/mol. The Morgan fingerprint density at radius 2 is 2.26 bits per heavy atom. The van der Waals surface area contributed by atoms with Gasteiger partial charge in [-0.15, -0.1) is 12.4 Å². The summed E-state index contributed by atoms with van der Waals surface area (Å²) in [6.07, 6.45) is 3.36. The van der Waals surface area contributed by atoms with Crippen LogP contribution in [-0.4, -0.2) is 30.8 Å². The first-order chi connectivity index (χ1) is 10.6. The van der Waals surface area contributed by atoms with Gasteiger partial charge < -0.3 is 20.1 Å². The number of nitrogens with zero attached hydrogens (tertiary/aromatic N) is 1. The van der Waals surface area contributed by atoms with Crippen molar-refractivity contribution in [1.29, 1.82) is 0 Å². The molecule has 0 bridgehead atoms. The van der Waals surface area contributed by atoms with Crippen molar-refractivity contribution in [3.8, 4) is 5.75 Å². The highest BCUT2D eigenvalue weighted by atomic mass is 35.5. The number of carbonyl (C=O) groups is 1. The van der Waals surface area contributed by atoms with E-state index in [1.165, 1.54) is 5.57 Å². The van der Waals surface area contributed by atoms with Crippen LogP contribution < -0.4 is 10.2 Å². The van der Waals surface area contributed by atoms with Crippen LogP contribution in [0.25, 0.3) is 0 Å². The van der Waals surface area contributed by atoms with E-state index < -0.39 is 0 Å². The first kappa shape index (κ1) is 17.5. The topological polar surface area (TPSA) is 61.8 Å². The third-order valence-corrected chi connectivity index (χ3v) is 4.40. The van der Waals surface area contributed by atoms with Gasteiger partial charge in [0.2, 0.25) is 0 Å². The second kappa shape index (κ2) is 7.13. The molecule has 126 valence electrons. The smallest absolute Gasteiger partial charge is 0.328 e. The predicted octanol–water partition coefficient (Wildman–Crippen LogP) is 2.72. The second-order valence-corrected chi connectivity index (χ2v) is 5.80. The summed E-state index contributed by atoms with van der Waals surface area (Å²) in [5.74, 6) is 1.13. The molecule has 6 heteroatoms. The normalized spacial score (nSPS) is 19.7. The van der Waals surface area contributed by atoms with Crippen molar-refractivity contribution < 1.29 is 14.6 Å². The number of benzene rings is 1. The summed E-state index contributed by atoms with van der Waals surface area (Å²) >= 11 is 0. The number of hydrogen-bond donors (Lipinski definition) is 2. The summed E-state index contributed by atoms with van der Waals surface area (Å²) in [4.78, 5) is 14.1. The maximum Gasteiger partial charge on any atom is 0.328 e. The largest absolute Gasteiger partial charge is 0.508 e. The third kappa shape index (κ3) is 3.24. The van der Waals surface area contributed by atoms with Crippen LogP contribution in [-0.2, 0) is 16.0 Å². The number of phenolic OH excluding ortho intramolecular Hbond substituents is 1. The molecule has 2 aliphatic rings. The second-order valence-electron chi connectivity index (χ2n) is 5.80. The van der Waals surface area contributed by atoms with Crippen LogP contribution in [0.3, 0.4) is 0 Å². The van der Waals surface area contributed by atoms with E-state index in [1.807, 2.05) is 31.0 Å². The molecule has 0 radical (unpaired) electrons. The predicted molar refractivity (Wildman–Crippen MR) is 91.9 cm³/mol. The summed E-state index contributed by atoms with van der Waals surface area (Å²) in [6, 6.07) is 5.26. The van der Waals surface area contributed by atoms with Gasteiger partial charge in [0, 0.05) is 24.7 Å². The fourth-order valence-corrected chi connectivity index (χ4v) is 3.29. The number of hydrogen-bond acceptors (Lipinski definition) is 5. The molecule has 0 aliphatic carbocycles. The number of phenols is 1. The highest BCUT2D eigenvalue weighted by Gasteiger charge is 2.31. The van der Waals surface area contributed by atoms with Gasteiger partial charge in [-0.3, -0.25) is 0 Å². The molecule has 0 amide bonds. The summed E-state index contributed by atoms with van der Waals surface area (Å²) in [6.45, 7) is 2.22. The number of aromatic hydroxyl groups is 1. The Labute approximate surface area is 142 Å². The van der Waals surface area contributed by atoms with Gasteiger partial charge in [-0.05, 0) is 43.9 Å². The Morgan fingerprint density at radius 3 is 3.00 bits per heavy atom. The number of allylic oxidation sites excluding steroid dienone is 1. The third-order valence-electron chi connectivity index (χ3n) is 4.40. The van der Waals surface area contributed by atoms with Crippen LogP contribution in [0.2, 0.25) is 0 Å². The van der Waals surface area contributed by atoms with Crippen LogP contribution >= 0.6 is 12.4 Å². The lowest BCUT2D eigenvalue weighted by molar-refractivity contribution is -0.145. The molecule has 2 N–H and O–H groups in total. The lowest BCUT2D eigenvalue weighted by Gasteiger charge is -2.33. The van der Waals surface area contributed by atoms with E-state index in [4.69, 9.17) is 4.74 Å². The Hall–Kier alpha value is -1.88. The van der Waals surface area contributed by atoms with Gasteiger partial charge in [-0.1, -0.05) is 6.07 Å². The van der Waals surface area contributed by atoms with E-state index in [0.717, 1.165) is 42.8 Å². The van der Waals surface area contributed by atoms with Gasteiger partial charge in [0.1, 0.15) is 17.6 Å². The molecule has 3 rings (SSSR count). The zero-order chi connectivity index (χ0) is 15.7. The van der Waals surface area contributed by atoms with Crippen molar-refractivity contribution in [3.63, 3.8) is 0 Å². The summed E-state index contributed by atoms with van der Waals surface area (Å²) in [5.41, 5.74) is 3.18. The van der Waals surface area contributed by atoms with E-state index >= 15 is 0 Å². The standard InChI is InChI=1S/C17H22N2O3.ClH/c1-3-22-17(21)13-7-4-6-11-10-12-14(8-5-9-15(12)20)19(2)16(11)18-13;/h5,8-9,13,18,20H,3-4,6-7,10H2,1-2H3;1H. The molecule has 0 aromatic heterocycles. The maximum absolute atomic E-state index is 12.1. The van der Waals surface area contributed by atoms with Crippen molar-refractivity contribution >= 4 is 24.1 Å². The van der Waals surface area contributed by atoms with Gasteiger partial charge in [0.25, 0.3) is 0 Å². The number of rotatable bonds is 2. The molecule has 1 atom stereocenters. The van der Waals surface area contributed by atoms with E-state index in [0.29, 0.717) is 12.4 Å². The highest BCUT2D eigenvalue weighted by Crippen LogP contribution is 2.38. The molecule has 2 aliphatic heterocycles. The van der Waals surface area contributed by atoms with E-state index in [1.54, 1.807) is 6.07 Å². The quantitative estimate of drug-likeness (QED) is 0.812. The van der Waals surface area contributed by atoms with Gasteiger partial charge in [0.05, 0.1) is 6.61 Å². The number of carbonyl (C=O) groups excluding carboxylic acids is 1. The Bertz CT molecular complexity index is 630. The van der Waals surface area contributed by atoms with Crippen molar-refractivity contribution in [2.75, 3.05) is 18.6 Å². The Kier molecular flexibility index (Phi) is 5.42. The highest BCUT2D eigenvalue weighted by molar-refractivity contribution is 5.85. The zero-order valence-corrected chi connectivity index (χ0v) is 14.3. The maximum atomic E-state index is 12.1. The summed E-state index contributed by atoms with van der Waals surface area (Å²) in [7, 11) is 1.97. The van der Waals surface area contributed by atoms with E-state index in [-0.39, 0.29) is 24.4 Å². The molecule has 0 saturated carbocycles. The van der Waals surface area contributed by atoms with Crippen LogP contribution in [0.4, 0.5) is 5.69 Å². The number of ether oxygens (including phenoxy) is 1. The van der Waals surface area contributed by atoms with Crippen LogP contribution in [0.15, 0.2) is 29.6 Å². The fourth-order valence-electron chi connectivity index (χ4n) is 3.29. The molecule has 23 heavy (non-hydrogen) atoms. The lowest BCUT2D eigenvalue weighted by atomic mass is 9.95. The van der Waals surface area contributed by atoms with Crippen LogP contribution in [0.1, 0.15) is 31.7 Å². The minimum absolute atomic E-state index is 0. The van der Waals surface area contributed by atoms with Crippen molar-refractivity contribution in [3.05, 3.63) is 35.2 Å². The van der Waals surface area contributed by atoms with Gasteiger partial charge in [0.15, 0.2) is 0 Å².